The predicted octanol–water partition coefficient (Wildman–Crippen LogP) is 3.05. The Kier molecular flexibility index (Phi) is 5.18. The first-order valence-electron chi connectivity index (χ1n) is 7.29. The molecule has 0 unspecified atom stereocenters. The number of amides is 3. The summed E-state index contributed by atoms with van der Waals surface area (Å²) >= 11 is 0. The molecule has 0 aliphatic rings. The van der Waals surface area contributed by atoms with Crippen LogP contribution in [-0.4, -0.2) is 29.0 Å². The van der Waals surface area contributed by atoms with Crippen LogP contribution >= 0.6 is 0 Å². The van der Waals surface area contributed by atoms with Gasteiger partial charge in [-0.15, -0.1) is 0 Å². The summed E-state index contributed by atoms with van der Waals surface area (Å²) in [5, 5.41) is 8.85. The van der Waals surface area contributed by atoms with E-state index >= 15 is 0 Å². The maximum absolute atomic E-state index is 13.9. The first kappa shape index (κ1) is 17.5. The lowest BCUT2D eigenvalue weighted by molar-refractivity contribution is -0.114. The van der Waals surface area contributed by atoms with Crippen LogP contribution in [0.5, 0.6) is 0 Å². The number of halogens is 1. The Labute approximate surface area is 138 Å². The second kappa shape index (κ2) is 7.12. The topological polar surface area (TPSA) is 87.5 Å². The number of carbonyl (C=O) groups is 2. The Hall–Kier alpha value is -2.90. The van der Waals surface area contributed by atoms with E-state index in [1.165, 1.54) is 30.0 Å². The number of nitrogens with one attached hydrogen (secondary N) is 2. The number of aryl methyl sites for hydroxylation is 2. The second-order valence-electron chi connectivity index (χ2n) is 5.46. The van der Waals surface area contributed by atoms with Gasteiger partial charge in [0.15, 0.2) is 0 Å². The first-order chi connectivity index (χ1) is 11.3. The molecule has 0 atom stereocenters. The lowest BCUT2D eigenvalue weighted by Crippen LogP contribution is -2.31. The summed E-state index contributed by atoms with van der Waals surface area (Å²) in [6.45, 7) is 5.17. The molecule has 1 heterocycles. The van der Waals surface area contributed by atoms with Crippen molar-refractivity contribution in [2.45, 2.75) is 27.3 Å². The Morgan fingerprint density at radius 2 is 2.00 bits per heavy atom. The monoisotopic (exact) mass is 334 g/mol. The van der Waals surface area contributed by atoms with Crippen molar-refractivity contribution in [3.63, 3.8) is 0 Å². The molecule has 8 heteroatoms. The van der Waals surface area contributed by atoms with Crippen molar-refractivity contribution >= 4 is 23.3 Å². The van der Waals surface area contributed by atoms with Gasteiger partial charge < -0.3 is 20.1 Å². The van der Waals surface area contributed by atoms with Crippen molar-refractivity contribution in [2.24, 2.45) is 0 Å². The zero-order chi connectivity index (χ0) is 17.9. The molecule has 0 saturated heterocycles. The van der Waals surface area contributed by atoms with Crippen molar-refractivity contribution in [1.29, 1.82) is 0 Å². The number of hydrogen-bond donors (Lipinski definition) is 2. The molecule has 0 radical (unpaired) electrons. The number of aromatic nitrogens is 1. The molecule has 2 aromatic rings. The fraction of sp³-hybridized carbons (Fsp3) is 0.312. The highest BCUT2D eigenvalue weighted by Gasteiger charge is 2.17. The molecule has 1 aromatic heterocycles. The molecular weight excluding hydrogens is 315 g/mol. The molecule has 3 amide bonds. The molecule has 7 nitrogen and oxygen atoms in total. The maximum atomic E-state index is 13.9. The lowest BCUT2D eigenvalue weighted by Gasteiger charge is -2.18. The third-order valence-corrected chi connectivity index (χ3v) is 3.45. The Balaban J connectivity index is 2.09. The lowest BCUT2D eigenvalue weighted by atomic mass is 10.2. The number of anilines is 2. The Morgan fingerprint density at radius 1 is 1.29 bits per heavy atom. The van der Waals surface area contributed by atoms with Crippen molar-refractivity contribution in [3.8, 4) is 0 Å². The van der Waals surface area contributed by atoms with E-state index < -0.39 is 11.8 Å². The van der Waals surface area contributed by atoms with Gasteiger partial charge in [0.1, 0.15) is 11.6 Å². The SMILES string of the molecule is CC(=O)Nc1ccc(F)c(NC(=O)N(C)Cc2c(C)noc2C)c1. The summed E-state index contributed by atoms with van der Waals surface area (Å²) in [7, 11) is 1.58. The minimum atomic E-state index is -0.594. The highest BCUT2D eigenvalue weighted by Crippen LogP contribution is 2.21. The van der Waals surface area contributed by atoms with Gasteiger partial charge in [-0.3, -0.25) is 4.79 Å². The molecule has 24 heavy (non-hydrogen) atoms. The van der Waals surface area contributed by atoms with E-state index in [1.807, 2.05) is 0 Å². The average Bonchev–Trinajstić information content (AvgIpc) is 2.81. The Morgan fingerprint density at radius 3 is 2.58 bits per heavy atom. The third kappa shape index (κ3) is 4.09. The van der Waals surface area contributed by atoms with E-state index in [-0.39, 0.29) is 18.1 Å². The van der Waals surface area contributed by atoms with E-state index in [0.717, 1.165) is 5.56 Å². The molecule has 0 fully saturated rings. The van der Waals surface area contributed by atoms with Crippen LogP contribution in [0.15, 0.2) is 22.7 Å². The van der Waals surface area contributed by atoms with Crippen molar-refractivity contribution in [2.75, 3.05) is 17.7 Å². The van der Waals surface area contributed by atoms with E-state index in [2.05, 4.69) is 15.8 Å². The normalized spacial score (nSPS) is 10.4. The summed E-state index contributed by atoms with van der Waals surface area (Å²) in [6, 6.07) is 3.46. The first-order valence-corrected chi connectivity index (χ1v) is 7.29. The van der Waals surface area contributed by atoms with Crippen LogP contribution < -0.4 is 10.6 Å². The highest BCUT2D eigenvalue weighted by atomic mass is 19.1. The second-order valence-corrected chi connectivity index (χ2v) is 5.46. The molecule has 0 saturated carbocycles. The fourth-order valence-electron chi connectivity index (χ4n) is 2.15. The number of rotatable bonds is 4. The van der Waals surface area contributed by atoms with E-state index in [1.54, 1.807) is 20.9 Å². The van der Waals surface area contributed by atoms with Crippen LogP contribution in [0.4, 0.5) is 20.6 Å². The maximum Gasteiger partial charge on any atom is 0.321 e. The van der Waals surface area contributed by atoms with Crippen molar-refractivity contribution in [1.82, 2.24) is 10.1 Å². The molecule has 0 bridgehead atoms. The summed E-state index contributed by atoms with van der Waals surface area (Å²) in [5.41, 5.74) is 1.88. The number of nitrogens with zero attached hydrogens (tertiary/aromatic N) is 2. The fourth-order valence-corrected chi connectivity index (χ4v) is 2.15. The van der Waals surface area contributed by atoms with Gasteiger partial charge >= 0.3 is 6.03 Å². The quantitative estimate of drug-likeness (QED) is 0.899. The van der Waals surface area contributed by atoms with Crippen LogP contribution in [0.25, 0.3) is 0 Å². The molecule has 0 aliphatic carbocycles. The molecule has 2 N–H and O–H groups in total. The van der Waals surface area contributed by atoms with Gasteiger partial charge in [-0.2, -0.15) is 0 Å². The minimum Gasteiger partial charge on any atom is -0.361 e. The van der Waals surface area contributed by atoms with Crippen LogP contribution in [-0.2, 0) is 11.3 Å². The minimum absolute atomic E-state index is 0.0168. The zero-order valence-corrected chi connectivity index (χ0v) is 13.9. The van der Waals surface area contributed by atoms with E-state index in [4.69, 9.17) is 4.52 Å². The van der Waals surface area contributed by atoms with Crippen LogP contribution in [0, 0.1) is 19.7 Å². The standard InChI is InChI=1S/C16H19FN4O3/c1-9-13(10(2)24-20-9)8-21(4)16(23)19-15-7-12(18-11(3)22)5-6-14(15)17/h5-7H,8H2,1-4H3,(H,18,22)(H,19,23). The Bertz CT molecular complexity index is 753. The van der Waals surface area contributed by atoms with Crippen LogP contribution in [0.2, 0.25) is 0 Å². The number of carbonyl (C=O) groups excluding carboxylic acids is 2. The molecule has 2 rings (SSSR count). The van der Waals surface area contributed by atoms with Gasteiger partial charge in [-0.25, -0.2) is 9.18 Å². The largest absolute Gasteiger partial charge is 0.361 e. The average molecular weight is 334 g/mol. The molecule has 1 aromatic carbocycles. The zero-order valence-electron chi connectivity index (χ0n) is 13.9. The summed E-state index contributed by atoms with van der Waals surface area (Å²) in [4.78, 5) is 24.7. The summed E-state index contributed by atoms with van der Waals surface area (Å²) in [6.07, 6.45) is 0. The molecule has 0 aliphatic heterocycles. The van der Waals surface area contributed by atoms with Crippen LogP contribution in [0.3, 0.4) is 0 Å². The molecular formula is C16H19FN4O3. The van der Waals surface area contributed by atoms with Crippen molar-refractivity contribution < 1.29 is 18.5 Å². The predicted molar refractivity (Wildman–Crippen MR) is 87.2 cm³/mol. The smallest absolute Gasteiger partial charge is 0.321 e. The molecule has 128 valence electrons. The van der Waals surface area contributed by atoms with Gasteiger partial charge in [-0.1, -0.05) is 5.16 Å². The van der Waals surface area contributed by atoms with Gasteiger partial charge in [0.2, 0.25) is 5.91 Å². The number of hydrogen-bond acceptors (Lipinski definition) is 4. The van der Waals surface area contributed by atoms with E-state index in [9.17, 15) is 14.0 Å². The van der Waals surface area contributed by atoms with Crippen LogP contribution in [0.1, 0.15) is 23.9 Å². The van der Waals surface area contributed by atoms with Gasteiger partial charge in [-0.05, 0) is 32.0 Å². The number of benzene rings is 1. The van der Waals surface area contributed by atoms with Gasteiger partial charge in [0.25, 0.3) is 0 Å². The van der Waals surface area contributed by atoms with Gasteiger partial charge in [0.05, 0.1) is 17.9 Å². The van der Waals surface area contributed by atoms with Crippen molar-refractivity contribution in [3.05, 3.63) is 41.0 Å². The third-order valence-electron chi connectivity index (χ3n) is 3.45. The summed E-state index contributed by atoms with van der Waals surface area (Å²) in [5.74, 6) is -0.247. The number of urea groups is 1. The molecule has 0 spiro atoms. The highest BCUT2D eigenvalue weighted by molar-refractivity contribution is 5.92. The van der Waals surface area contributed by atoms with E-state index in [0.29, 0.717) is 17.1 Å². The van der Waals surface area contributed by atoms with Gasteiger partial charge in [0, 0.05) is 25.2 Å². The summed E-state index contributed by atoms with van der Waals surface area (Å²) < 4.78 is 18.9.